The molecule has 0 saturated carbocycles. The van der Waals surface area contributed by atoms with Crippen LogP contribution in [-0.4, -0.2) is 25.7 Å². The van der Waals surface area contributed by atoms with Crippen LogP contribution in [0.3, 0.4) is 0 Å². The highest BCUT2D eigenvalue weighted by Crippen LogP contribution is 2.27. The first-order valence-corrected chi connectivity index (χ1v) is 10.7. The number of pyridine rings is 1. The molecule has 0 atom stereocenters. The molecule has 0 fully saturated rings. The number of hydrogen-bond donors (Lipinski definition) is 2. The number of nitrogens with one attached hydrogen (secondary N) is 2. The molecule has 0 saturated heterocycles. The van der Waals surface area contributed by atoms with Crippen LogP contribution in [-0.2, 0) is 10.0 Å². The number of benzene rings is 2. The third-order valence-corrected chi connectivity index (χ3v) is 5.62. The Hall–Kier alpha value is -3.12. The molecular weight excluding hydrogens is 503 g/mol. The fourth-order valence-corrected chi connectivity index (χ4v) is 3.88. The Morgan fingerprint density at radius 1 is 1.03 bits per heavy atom. The predicted molar refractivity (Wildman–Crippen MR) is 110 cm³/mol. The maximum atomic E-state index is 12.7. The van der Waals surface area contributed by atoms with E-state index in [1.807, 2.05) is 0 Å². The van der Waals surface area contributed by atoms with E-state index in [0.717, 1.165) is 24.3 Å². The summed E-state index contributed by atoms with van der Waals surface area (Å²) >= 11 is 3.23. The summed E-state index contributed by atoms with van der Waals surface area (Å²) in [5.74, 6) is -0.918. The first-order chi connectivity index (χ1) is 14.5. The second kappa shape index (κ2) is 8.94. The first-order valence-electron chi connectivity index (χ1n) is 8.44. The zero-order valence-corrected chi connectivity index (χ0v) is 17.8. The zero-order chi connectivity index (χ0) is 22.6. The van der Waals surface area contributed by atoms with Crippen LogP contribution in [0.25, 0.3) is 0 Å². The zero-order valence-electron chi connectivity index (χ0n) is 15.4. The Kier molecular flexibility index (Phi) is 6.51. The summed E-state index contributed by atoms with van der Waals surface area (Å²) in [6, 6.07) is 12.9. The predicted octanol–water partition coefficient (Wildman–Crippen LogP) is 4.80. The van der Waals surface area contributed by atoms with Gasteiger partial charge in [-0.15, -0.1) is 13.2 Å². The molecule has 0 spiro atoms. The van der Waals surface area contributed by atoms with Gasteiger partial charge in [-0.2, -0.15) is 0 Å². The minimum Gasteiger partial charge on any atom is -0.406 e. The topological polar surface area (TPSA) is 97.4 Å². The van der Waals surface area contributed by atoms with Gasteiger partial charge in [-0.1, -0.05) is 22.0 Å². The number of ether oxygens (including phenoxy) is 1. The maximum absolute atomic E-state index is 12.7. The first kappa shape index (κ1) is 22.6. The molecule has 0 aliphatic heterocycles. The Bertz CT molecular complexity index is 1190. The smallest absolute Gasteiger partial charge is 0.406 e. The second-order valence-electron chi connectivity index (χ2n) is 5.98. The van der Waals surface area contributed by atoms with Crippen molar-refractivity contribution in [2.24, 2.45) is 0 Å². The van der Waals surface area contributed by atoms with Crippen molar-refractivity contribution in [1.82, 2.24) is 4.98 Å². The van der Waals surface area contributed by atoms with E-state index in [1.54, 1.807) is 18.2 Å². The van der Waals surface area contributed by atoms with Gasteiger partial charge in [0.15, 0.2) is 0 Å². The third-order valence-electron chi connectivity index (χ3n) is 3.74. The monoisotopic (exact) mass is 515 g/mol. The van der Waals surface area contributed by atoms with E-state index >= 15 is 0 Å². The van der Waals surface area contributed by atoms with Gasteiger partial charge < -0.3 is 10.1 Å². The number of carbonyl (C=O) groups excluding carboxylic acids is 1. The van der Waals surface area contributed by atoms with Crippen molar-refractivity contribution in [3.8, 4) is 5.75 Å². The van der Waals surface area contributed by atoms with E-state index in [1.165, 1.54) is 24.4 Å². The van der Waals surface area contributed by atoms with Crippen molar-refractivity contribution in [3.63, 3.8) is 0 Å². The molecule has 1 amide bonds. The molecule has 1 aromatic heterocycles. The van der Waals surface area contributed by atoms with Crippen molar-refractivity contribution in [1.29, 1.82) is 0 Å². The van der Waals surface area contributed by atoms with Crippen LogP contribution in [0.15, 0.2) is 76.2 Å². The van der Waals surface area contributed by atoms with Crippen molar-refractivity contribution < 1.29 is 31.1 Å². The van der Waals surface area contributed by atoms with Gasteiger partial charge in [0, 0.05) is 10.7 Å². The number of amides is 1. The summed E-state index contributed by atoms with van der Waals surface area (Å²) in [4.78, 5) is 16.3. The summed E-state index contributed by atoms with van der Waals surface area (Å²) in [6.07, 6.45) is -3.42. The van der Waals surface area contributed by atoms with Gasteiger partial charge in [0.05, 0.1) is 16.1 Å². The Labute approximate surface area is 183 Å². The number of aromatic nitrogens is 1. The molecule has 2 aromatic carbocycles. The normalized spacial score (nSPS) is 11.6. The summed E-state index contributed by atoms with van der Waals surface area (Å²) in [7, 11) is -4.21. The van der Waals surface area contributed by atoms with E-state index in [-0.39, 0.29) is 22.0 Å². The molecule has 3 aromatic rings. The van der Waals surface area contributed by atoms with Gasteiger partial charge in [-0.25, -0.2) is 13.4 Å². The average Bonchev–Trinajstić information content (AvgIpc) is 2.69. The van der Waals surface area contributed by atoms with E-state index < -0.39 is 28.0 Å². The Morgan fingerprint density at radius 3 is 2.35 bits per heavy atom. The maximum Gasteiger partial charge on any atom is 0.573 e. The van der Waals surface area contributed by atoms with Gasteiger partial charge in [-0.05, 0) is 54.6 Å². The van der Waals surface area contributed by atoms with Crippen LogP contribution in [0.4, 0.5) is 24.7 Å². The van der Waals surface area contributed by atoms with Gasteiger partial charge in [0.2, 0.25) is 0 Å². The number of rotatable bonds is 6. The Balaban J connectivity index is 1.85. The molecule has 1 heterocycles. The summed E-state index contributed by atoms with van der Waals surface area (Å²) in [5, 5.41) is 2.55. The number of anilines is 2. The lowest BCUT2D eigenvalue weighted by molar-refractivity contribution is -0.274. The summed E-state index contributed by atoms with van der Waals surface area (Å²) in [6.45, 7) is 0. The molecule has 2 N–H and O–H groups in total. The van der Waals surface area contributed by atoms with Gasteiger partial charge in [0.1, 0.15) is 11.6 Å². The molecule has 162 valence electrons. The standard InChI is InChI=1S/C19H13BrF3N3O4S/c20-12-4-9-16(15(11-12)18(27)25-17-3-1-2-10-24-17)26-31(28,29)14-7-5-13(6-8-14)30-19(21,22)23/h1-11,26H,(H,24,25,27). The van der Waals surface area contributed by atoms with Crippen LogP contribution in [0.5, 0.6) is 5.75 Å². The number of hydrogen-bond acceptors (Lipinski definition) is 5. The number of nitrogens with zero attached hydrogens (tertiary/aromatic N) is 1. The SMILES string of the molecule is O=C(Nc1ccccn1)c1cc(Br)ccc1NS(=O)(=O)c1ccc(OC(F)(F)F)cc1. The van der Waals surface area contributed by atoms with Crippen molar-refractivity contribution in [2.45, 2.75) is 11.3 Å². The van der Waals surface area contributed by atoms with E-state index in [0.29, 0.717) is 4.47 Å². The van der Waals surface area contributed by atoms with Gasteiger partial charge >= 0.3 is 6.36 Å². The molecule has 0 aliphatic rings. The van der Waals surface area contributed by atoms with Crippen LogP contribution < -0.4 is 14.8 Å². The molecule has 0 bridgehead atoms. The summed E-state index contributed by atoms with van der Waals surface area (Å²) < 4.78 is 68.7. The number of sulfonamides is 1. The third kappa shape index (κ3) is 6.18. The average molecular weight is 516 g/mol. The largest absolute Gasteiger partial charge is 0.573 e. The molecule has 0 radical (unpaired) electrons. The molecule has 0 unspecified atom stereocenters. The highest BCUT2D eigenvalue weighted by atomic mass is 79.9. The van der Waals surface area contributed by atoms with Crippen LogP contribution in [0.2, 0.25) is 0 Å². The van der Waals surface area contributed by atoms with Crippen LogP contribution in [0, 0.1) is 0 Å². The second-order valence-corrected chi connectivity index (χ2v) is 8.58. The van der Waals surface area contributed by atoms with Crippen molar-refractivity contribution in [2.75, 3.05) is 10.0 Å². The van der Waals surface area contributed by atoms with E-state index in [2.05, 4.69) is 35.7 Å². The van der Waals surface area contributed by atoms with Gasteiger partial charge in [0.25, 0.3) is 15.9 Å². The highest BCUT2D eigenvalue weighted by molar-refractivity contribution is 9.10. The molecule has 0 aliphatic carbocycles. The highest BCUT2D eigenvalue weighted by Gasteiger charge is 2.31. The lowest BCUT2D eigenvalue weighted by Gasteiger charge is -2.14. The fourth-order valence-electron chi connectivity index (χ4n) is 2.44. The molecule has 31 heavy (non-hydrogen) atoms. The molecule has 3 rings (SSSR count). The van der Waals surface area contributed by atoms with E-state index in [9.17, 15) is 26.4 Å². The Morgan fingerprint density at radius 2 is 1.74 bits per heavy atom. The van der Waals surface area contributed by atoms with E-state index in [4.69, 9.17) is 0 Å². The number of carbonyl (C=O) groups is 1. The lowest BCUT2D eigenvalue weighted by atomic mass is 10.1. The number of alkyl halides is 3. The van der Waals surface area contributed by atoms with Gasteiger partial charge in [-0.3, -0.25) is 9.52 Å². The van der Waals surface area contributed by atoms with Crippen LogP contribution in [0.1, 0.15) is 10.4 Å². The quantitative estimate of drug-likeness (QED) is 0.491. The molecule has 7 nitrogen and oxygen atoms in total. The fraction of sp³-hybridized carbons (Fsp3) is 0.0526. The minimum absolute atomic E-state index is 0.000581. The number of halogens is 4. The van der Waals surface area contributed by atoms with Crippen molar-refractivity contribution >= 4 is 43.4 Å². The summed E-state index contributed by atoms with van der Waals surface area (Å²) in [5.41, 5.74) is -0.0344. The molecule has 12 heteroatoms. The molecular formula is C19H13BrF3N3O4S. The minimum atomic E-state index is -4.90. The van der Waals surface area contributed by atoms with Crippen LogP contribution >= 0.6 is 15.9 Å². The van der Waals surface area contributed by atoms with Crippen molar-refractivity contribution in [3.05, 3.63) is 76.9 Å². The lowest BCUT2D eigenvalue weighted by Crippen LogP contribution is -2.19.